The summed E-state index contributed by atoms with van der Waals surface area (Å²) in [5.74, 6) is -0.256. The summed E-state index contributed by atoms with van der Waals surface area (Å²) in [7, 11) is 0. The molecule has 0 saturated heterocycles. The van der Waals surface area contributed by atoms with Gasteiger partial charge in [-0.05, 0) is 61.5 Å². The molecule has 2 aromatic heterocycles. The fourth-order valence-corrected chi connectivity index (χ4v) is 3.63. The highest BCUT2D eigenvalue weighted by molar-refractivity contribution is 6.23. The van der Waals surface area contributed by atoms with E-state index in [4.69, 9.17) is 0 Å². The van der Waals surface area contributed by atoms with E-state index < -0.39 is 23.8 Å². The second-order valence-corrected chi connectivity index (χ2v) is 7.62. The molecule has 2 N–H and O–H groups in total. The molecule has 4 aromatic rings. The van der Waals surface area contributed by atoms with Gasteiger partial charge in [-0.15, -0.1) is 10.2 Å². The van der Waals surface area contributed by atoms with Gasteiger partial charge in [0.15, 0.2) is 11.6 Å². The summed E-state index contributed by atoms with van der Waals surface area (Å²) in [5.41, 5.74) is 1.89. The second-order valence-electron chi connectivity index (χ2n) is 7.62. The Morgan fingerprint density at radius 3 is 2.12 bits per heavy atom. The van der Waals surface area contributed by atoms with Gasteiger partial charge in [-0.3, -0.25) is 19.3 Å². The number of hydrogen-bond donors (Lipinski definition) is 2. The second kappa shape index (κ2) is 8.58. The minimum Gasteiger partial charge on any atom is -0.339 e. The smallest absolute Gasteiger partial charge is 0.262 e. The molecule has 0 fully saturated rings. The molecule has 0 radical (unpaired) electrons. The van der Waals surface area contributed by atoms with Crippen LogP contribution in [0.5, 0.6) is 0 Å². The molecule has 1 aliphatic rings. The number of carbonyl (C=O) groups is 3. The van der Waals surface area contributed by atoms with Crippen LogP contribution in [-0.2, 0) is 4.79 Å². The molecule has 1 unspecified atom stereocenters. The van der Waals surface area contributed by atoms with Crippen molar-refractivity contribution in [2.45, 2.75) is 13.0 Å². The monoisotopic (exact) mass is 453 g/mol. The van der Waals surface area contributed by atoms with E-state index in [2.05, 4.69) is 25.9 Å². The van der Waals surface area contributed by atoms with E-state index in [1.807, 2.05) is 0 Å². The number of amides is 3. The van der Waals surface area contributed by atoms with Crippen LogP contribution in [0.1, 0.15) is 27.6 Å². The zero-order chi connectivity index (χ0) is 23.7. The van der Waals surface area contributed by atoms with Crippen molar-refractivity contribution in [1.82, 2.24) is 24.9 Å². The number of rotatable bonds is 6. The number of benzene rings is 2. The lowest BCUT2D eigenvalue weighted by atomic mass is 10.1. The Morgan fingerprint density at radius 2 is 1.53 bits per heavy atom. The lowest BCUT2D eigenvalue weighted by molar-refractivity contribution is -0.119. The molecule has 2 aromatic carbocycles. The van der Waals surface area contributed by atoms with Crippen LogP contribution < -0.4 is 10.6 Å². The Kier molecular flexibility index (Phi) is 5.30. The van der Waals surface area contributed by atoms with E-state index >= 15 is 0 Å². The number of nitrogens with one attached hydrogen (secondary N) is 2. The van der Waals surface area contributed by atoms with E-state index in [9.17, 15) is 14.4 Å². The average Bonchev–Trinajstić information content (AvgIpc) is 3.48. The predicted octanol–water partition coefficient (Wildman–Crippen LogP) is 3.03. The van der Waals surface area contributed by atoms with Gasteiger partial charge in [-0.2, -0.15) is 5.10 Å². The highest BCUT2D eigenvalue weighted by Gasteiger charge is 2.40. The Bertz CT molecular complexity index is 1330. The number of anilines is 3. The Labute approximate surface area is 194 Å². The van der Waals surface area contributed by atoms with Crippen LogP contribution in [0.25, 0.3) is 5.82 Å². The zero-order valence-corrected chi connectivity index (χ0v) is 18.0. The Balaban J connectivity index is 1.22. The van der Waals surface area contributed by atoms with Crippen molar-refractivity contribution in [2.24, 2.45) is 0 Å². The molecule has 10 heteroatoms. The fourth-order valence-electron chi connectivity index (χ4n) is 3.63. The van der Waals surface area contributed by atoms with Gasteiger partial charge in [0.25, 0.3) is 11.8 Å². The quantitative estimate of drug-likeness (QED) is 0.430. The van der Waals surface area contributed by atoms with Gasteiger partial charge < -0.3 is 10.6 Å². The van der Waals surface area contributed by atoms with Crippen molar-refractivity contribution in [1.29, 1.82) is 0 Å². The lowest BCUT2D eigenvalue weighted by Crippen LogP contribution is -2.45. The van der Waals surface area contributed by atoms with Crippen molar-refractivity contribution in [3.8, 4) is 5.82 Å². The first kappa shape index (κ1) is 21.0. The average molecular weight is 453 g/mol. The van der Waals surface area contributed by atoms with Crippen LogP contribution in [0.3, 0.4) is 0 Å². The summed E-state index contributed by atoms with van der Waals surface area (Å²) >= 11 is 0. The molecule has 1 aliphatic heterocycles. The number of nitrogens with zero attached hydrogens (tertiary/aromatic N) is 5. The molecule has 34 heavy (non-hydrogen) atoms. The first-order valence-corrected chi connectivity index (χ1v) is 10.5. The molecule has 10 nitrogen and oxygen atoms in total. The van der Waals surface area contributed by atoms with Crippen LogP contribution in [0.4, 0.5) is 17.2 Å². The van der Waals surface area contributed by atoms with Crippen LogP contribution >= 0.6 is 0 Å². The Morgan fingerprint density at radius 1 is 0.853 bits per heavy atom. The summed E-state index contributed by atoms with van der Waals surface area (Å²) in [6.07, 6.45) is 3.44. The minimum atomic E-state index is -0.964. The van der Waals surface area contributed by atoms with E-state index in [0.29, 0.717) is 28.5 Å². The number of aromatic nitrogens is 4. The van der Waals surface area contributed by atoms with Crippen molar-refractivity contribution < 1.29 is 14.4 Å². The van der Waals surface area contributed by atoms with Gasteiger partial charge in [0.2, 0.25) is 5.91 Å². The van der Waals surface area contributed by atoms with Gasteiger partial charge in [0, 0.05) is 23.8 Å². The third-order valence-electron chi connectivity index (χ3n) is 5.41. The van der Waals surface area contributed by atoms with Crippen LogP contribution in [-0.4, -0.2) is 48.6 Å². The predicted molar refractivity (Wildman–Crippen MR) is 124 cm³/mol. The topological polar surface area (TPSA) is 122 Å². The summed E-state index contributed by atoms with van der Waals surface area (Å²) in [6.45, 7) is 1.53. The molecule has 3 heterocycles. The molecule has 1 atom stereocenters. The normalized spacial score (nSPS) is 13.5. The van der Waals surface area contributed by atoms with E-state index in [1.54, 1.807) is 83.8 Å². The van der Waals surface area contributed by atoms with Crippen molar-refractivity contribution >= 4 is 34.9 Å². The first-order chi connectivity index (χ1) is 16.5. The molecule has 3 amide bonds. The lowest BCUT2D eigenvalue weighted by Gasteiger charge is -2.21. The SMILES string of the molecule is CC(C(=O)Nc1ccc(Nc2ccc(-n3cccn3)nn2)cc1)N1C(=O)c2ccccc2C1=O. The van der Waals surface area contributed by atoms with Crippen molar-refractivity contribution in [2.75, 3.05) is 10.6 Å². The maximum atomic E-state index is 12.7. The summed E-state index contributed by atoms with van der Waals surface area (Å²) < 4.78 is 1.61. The van der Waals surface area contributed by atoms with Crippen LogP contribution in [0.15, 0.2) is 79.1 Å². The largest absolute Gasteiger partial charge is 0.339 e. The number of fused-ring (bicyclic) bond motifs is 1. The highest BCUT2D eigenvalue weighted by atomic mass is 16.2. The summed E-state index contributed by atoms with van der Waals surface area (Å²) in [5, 5.41) is 18.3. The maximum absolute atomic E-state index is 12.7. The number of carbonyl (C=O) groups excluding carboxylic acids is 3. The zero-order valence-electron chi connectivity index (χ0n) is 18.0. The molecule has 168 valence electrons. The van der Waals surface area contributed by atoms with Gasteiger partial charge in [-0.25, -0.2) is 4.68 Å². The third-order valence-corrected chi connectivity index (χ3v) is 5.41. The minimum absolute atomic E-state index is 0.309. The van der Waals surface area contributed by atoms with Crippen molar-refractivity contribution in [3.05, 3.63) is 90.3 Å². The van der Waals surface area contributed by atoms with Gasteiger partial charge in [0.05, 0.1) is 11.1 Å². The van der Waals surface area contributed by atoms with Gasteiger partial charge >= 0.3 is 0 Å². The molecular weight excluding hydrogens is 434 g/mol. The van der Waals surface area contributed by atoms with Gasteiger partial charge in [-0.1, -0.05) is 12.1 Å². The number of imide groups is 1. The Hall–Kier alpha value is -4.86. The van der Waals surface area contributed by atoms with Crippen molar-refractivity contribution in [3.63, 3.8) is 0 Å². The molecule has 0 spiro atoms. The van der Waals surface area contributed by atoms with E-state index in [1.165, 1.54) is 6.92 Å². The van der Waals surface area contributed by atoms with E-state index in [0.717, 1.165) is 10.6 Å². The highest BCUT2D eigenvalue weighted by Crippen LogP contribution is 2.25. The number of hydrogen-bond acceptors (Lipinski definition) is 7. The van der Waals surface area contributed by atoms with Crippen LogP contribution in [0, 0.1) is 0 Å². The third kappa shape index (κ3) is 3.88. The standard InChI is InChI=1S/C24H19N7O3/c1-15(31-23(33)18-5-2-3-6-19(18)24(31)34)22(32)27-17-9-7-16(8-10-17)26-20-11-12-21(29-28-20)30-14-4-13-25-30/h2-15H,1H3,(H,26,28)(H,27,32). The molecule has 5 rings (SSSR count). The molecule has 0 aliphatic carbocycles. The first-order valence-electron chi connectivity index (χ1n) is 10.5. The summed E-state index contributed by atoms with van der Waals surface area (Å²) in [6, 6.07) is 17.9. The van der Waals surface area contributed by atoms with Gasteiger partial charge in [0.1, 0.15) is 6.04 Å². The van der Waals surface area contributed by atoms with E-state index in [-0.39, 0.29) is 0 Å². The maximum Gasteiger partial charge on any atom is 0.262 e. The fraction of sp³-hybridized carbons (Fsp3) is 0.0833. The molecule has 0 bridgehead atoms. The molecule has 0 saturated carbocycles. The summed E-state index contributed by atoms with van der Waals surface area (Å²) in [4.78, 5) is 39.0. The van der Waals surface area contributed by atoms with Crippen LogP contribution in [0.2, 0.25) is 0 Å². The molecular formula is C24H19N7O3.